The molecule has 0 amide bonds. The molecule has 0 aliphatic carbocycles. The molecule has 0 aromatic heterocycles. The van der Waals surface area contributed by atoms with Crippen molar-refractivity contribution in [1.82, 2.24) is 4.90 Å². The molecular formula is C17H37N. The highest BCUT2D eigenvalue weighted by Gasteiger charge is 2.32. The summed E-state index contributed by atoms with van der Waals surface area (Å²) in [4.78, 5) is 2.62. The van der Waals surface area contributed by atoms with Crippen molar-refractivity contribution >= 4 is 0 Å². The summed E-state index contributed by atoms with van der Waals surface area (Å²) >= 11 is 0. The van der Waals surface area contributed by atoms with Gasteiger partial charge in [-0.05, 0) is 42.7 Å². The third-order valence-corrected chi connectivity index (χ3v) is 4.42. The second-order valence-electron chi connectivity index (χ2n) is 7.71. The first-order valence-electron chi connectivity index (χ1n) is 7.87. The molecule has 0 aliphatic rings. The van der Waals surface area contributed by atoms with Crippen LogP contribution in [-0.2, 0) is 0 Å². The summed E-state index contributed by atoms with van der Waals surface area (Å²) in [5, 5.41) is 0. The van der Waals surface area contributed by atoms with E-state index >= 15 is 0 Å². The molecule has 0 radical (unpaired) electrons. The molecule has 110 valence electrons. The van der Waals surface area contributed by atoms with Gasteiger partial charge in [0.25, 0.3) is 0 Å². The van der Waals surface area contributed by atoms with Gasteiger partial charge in [-0.15, -0.1) is 0 Å². The van der Waals surface area contributed by atoms with Crippen molar-refractivity contribution in [2.45, 2.75) is 74.7 Å². The summed E-state index contributed by atoms with van der Waals surface area (Å²) in [6, 6.07) is 0. The van der Waals surface area contributed by atoms with Crippen LogP contribution < -0.4 is 0 Å². The van der Waals surface area contributed by atoms with Gasteiger partial charge in [-0.1, -0.05) is 61.8 Å². The SMILES string of the molecule is CCCCN(CC)CC(C)(C)CC(C)(C)C(C)C. The second-order valence-corrected chi connectivity index (χ2v) is 7.71. The second kappa shape index (κ2) is 7.53. The molecule has 0 saturated heterocycles. The Bertz CT molecular complexity index is 216. The van der Waals surface area contributed by atoms with Gasteiger partial charge in [0.05, 0.1) is 0 Å². The van der Waals surface area contributed by atoms with E-state index in [-0.39, 0.29) is 0 Å². The summed E-state index contributed by atoms with van der Waals surface area (Å²) in [5.41, 5.74) is 0.852. The monoisotopic (exact) mass is 255 g/mol. The molecular weight excluding hydrogens is 218 g/mol. The molecule has 1 heteroatoms. The van der Waals surface area contributed by atoms with Gasteiger partial charge >= 0.3 is 0 Å². The van der Waals surface area contributed by atoms with Crippen LogP contribution in [0.4, 0.5) is 0 Å². The predicted molar refractivity (Wildman–Crippen MR) is 84.0 cm³/mol. The van der Waals surface area contributed by atoms with Gasteiger partial charge < -0.3 is 4.90 Å². The van der Waals surface area contributed by atoms with Gasteiger partial charge in [0.1, 0.15) is 0 Å². The minimum atomic E-state index is 0.414. The van der Waals surface area contributed by atoms with E-state index in [0.717, 1.165) is 5.92 Å². The number of hydrogen-bond acceptors (Lipinski definition) is 1. The lowest BCUT2D eigenvalue weighted by Gasteiger charge is -2.40. The van der Waals surface area contributed by atoms with Crippen molar-refractivity contribution in [3.05, 3.63) is 0 Å². The third kappa shape index (κ3) is 6.78. The normalized spacial score (nSPS) is 13.7. The lowest BCUT2D eigenvalue weighted by Crippen LogP contribution is -2.38. The summed E-state index contributed by atoms with van der Waals surface area (Å²) in [7, 11) is 0. The Hall–Kier alpha value is -0.0400. The van der Waals surface area contributed by atoms with Gasteiger partial charge in [-0.25, -0.2) is 0 Å². The zero-order valence-corrected chi connectivity index (χ0v) is 14.3. The van der Waals surface area contributed by atoms with Crippen molar-refractivity contribution in [2.24, 2.45) is 16.7 Å². The van der Waals surface area contributed by atoms with Crippen LogP contribution >= 0.6 is 0 Å². The Kier molecular flexibility index (Phi) is 7.51. The standard InChI is InChI=1S/C17H37N/c1-9-11-12-18(10-2)14-16(5,6)13-17(7,8)15(3)4/h15H,9-14H2,1-8H3. The first-order chi connectivity index (χ1) is 8.14. The largest absolute Gasteiger partial charge is 0.303 e. The fraction of sp³-hybridized carbons (Fsp3) is 1.00. The maximum atomic E-state index is 2.62. The number of hydrogen-bond donors (Lipinski definition) is 0. The molecule has 0 bridgehead atoms. The Morgan fingerprint density at radius 2 is 1.56 bits per heavy atom. The van der Waals surface area contributed by atoms with Crippen molar-refractivity contribution in [1.29, 1.82) is 0 Å². The molecule has 0 aromatic carbocycles. The van der Waals surface area contributed by atoms with Crippen molar-refractivity contribution in [3.8, 4) is 0 Å². The van der Waals surface area contributed by atoms with Crippen molar-refractivity contribution < 1.29 is 0 Å². The van der Waals surface area contributed by atoms with E-state index in [2.05, 4.69) is 60.3 Å². The zero-order chi connectivity index (χ0) is 14.4. The highest BCUT2D eigenvalue weighted by atomic mass is 15.1. The highest BCUT2D eigenvalue weighted by Crippen LogP contribution is 2.39. The smallest absolute Gasteiger partial charge is 0.00328 e. The molecule has 1 nitrogen and oxygen atoms in total. The molecule has 0 N–H and O–H groups in total. The number of nitrogens with zero attached hydrogens (tertiary/aromatic N) is 1. The Morgan fingerprint density at radius 3 is 1.94 bits per heavy atom. The Labute approximate surface area is 116 Å². The molecule has 0 aliphatic heterocycles. The fourth-order valence-electron chi connectivity index (χ4n) is 2.83. The predicted octanol–water partition coefficient (Wildman–Crippen LogP) is 5.21. The molecule has 18 heavy (non-hydrogen) atoms. The first kappa shape index (κ1) is 18.0. The van der Waals surface area contributed by atoms with Crippen molar-refractivity contribution in [2.75, 3.05) is 19.6 Å². The van der Waals surface area contributed by atoms with Crippen LogP contribution in [0.1, 0.15) is 74.7 Å². The van der Waals surface area contributed by atoms with Gasteiger partial charge in [0.15, 0.2) is 0 Å². The molecule has 0 heterocycles. The van der Waals surface area contributed by atoms with Crippen LogP contribution in [-0.4, -0.2) is 24.5 Å². The van der Waals surface area contributed by atoms with Crippen LogP contribution in [0, 0.1) is 16.7 Å². The van der Waals surface area contributed by atoms with Crippen LogP contribution in [0.5, 0.6) is 0 Å². The molecule has 0 saturated carbocycles. The van der Waals surface area contributed by atoms with E-state index in [1.54, 1.807) is 0 Å². The Morgan fingerprint density at radius 1 is 1.00 bits per heavy atom. The summed E-state index contributed by atoms with van der Waals surface area (Å²) in [6.45, 7) is 22.7. The highest BCUT2D eigenvalue weighted by molar-refractivity contribution is 4.83. The van der Waals surface area contributed by atoms with Crippen LogP contribution in [0.3, 0.4) is 0 Å². The van der Waals surface area contributed by atoms with E-state index in [1.807, 2.05) is 0 Å². The molecule has 0 fully saturated rings. The third-order valence-electron chi connectivity index (χ3n) is 4.42. The Balaban J connectivity index is 4.43. The lowest BCUT2D eigenvalue weighted by atomic mass is 9.69. The van der Waals surface area contributed by atoms with Crippen LogP contribution in [0.25, 0.3) is 0 Å². The first-order valence-corrected chi connectivity index (χ1v) is 7.87. The molecule has 0 spiro atoms. The maximum absolute atomic E-state index is 2.62. The molecule has 0 rings (SSSR count). The average Bonchev–Trinajstić information content (AvgIpc) is 2.22. The molecule has 0 aromatic rings. The number of rotatable bonds is 9. The summed E-state index contributed by atoms with van der Waals surface area (Å²) < 4.78 is 0. The van der Waals surface area contributed by atoms with E-state index < -0.39 is 0 Å². The maximum Gasteiger partial charge on any atom is 0.00328 e. The van der Waals surface area contributed by atoms with E-state index in [0.29, 0.717) is 10.8 Å². The number of unbranched alkanes of at least 4 members (excludes halogenated alkanes) is 1. The van der Waals surface area contributed by atoms with Crippen LogP contribution in [0.2, 0.25) is 0 Å². The van der Waals surface area contributed by atoms with Gasteiger partial charge in [0.2, 0.25) is 0 Å². The average molecular weight is 255 g/mol. The minimum absolute atomic E-state index is 0.414. The lowest BCUT2D eigenvalue weighted by molar-refractivity contribution is 0.0967. The summed E-state index contributed by atoms with van der Waals surface area (Å²) in [5.74, 6) is 0.752. The topological polar surface area (TPSA) is 3.24 Å². The quantitative estimate of drug-likeness (QED) is 0.547. The van der Waals surface area contributed by atoms with E-state index in [4.69, 9.17) is 0 Å². The van der Waals surface area contributed by atoms with E-state index in [9.17, 15) is 0 Å². The van der Waals surface area contributed by atoms with Crippen LogP contribution in [0.15, 0.2) is 0 Å². The summed E-state index contributed by atoms with van der Waals surface area (Å²) in [6.07, 6.45) is 3.94. The van der Waals surface area contributed by atoms with Crippen molar-refractivity contribution in [3.63, 3.8) is 0 Å². The van der Waals surface area contributed by atoms with E-state index in [1.165, 1.54) is 38.9 Å². The zero-order valence-electron chi connectivity index (χ0n) is 14.3. The molecule has 0 unspecified atom stereocenters. The fourth-order valence-corrected chi connectivity index (χ4v) is 2.83. The molecule has 0 atom stereocenters. The van der Waals surface area contributed by atoms with Gasteiger partial charge in [-0.2, -0.15) is 0 Å². The van der Waals surface area contributed by atoms with Gasteiger partial charge in [0, 0.05) is 6.54 Å². The minimum Gasteiger partial charge on any atom is -0.303 e. The van der Waals surface area contributed by atoms with Gasteiger partial charge in [-0.3, -0.25) is 0 Å².